The minimum absolute atomic E-state index is 0.0362. The van der Waals surface area contributed by atoms with Crippen LogP contribution >= 0.6 is 0 Å². The summed E-state index contributed by atoms with van der Waals surface area (Å²) >= 11 is 0. The Morgan fingerprint density at radius 2 is 1.70 bits per heavy atom. The third-order valence-corrected chi connectivity index (χ3v) is 7.98. The van der Waals surface area contributed by atoms with E-state index >= 15 is 0 Å². The Kier molecular flexibility index (Phi) is 16.6. The van der Waals surface area contributed by atoms with Crippen LogP contribution < -0.4 is 26.8 Å². The van der Waals surface area contributed by atoms with Gasteiger partial charge in [0.15, 0.2) is 0 Å². The van der Waals surface area contributed by atoms with Gasteiger partial charge in [-0.25, -0.2) is 4.79 Å². The Hall–Kier alpha value is -2.73. The number of carbonyl (C=O) groups is 3. The molecule has 1 saturated heterocycles. The van der Waals surface area contributed by atoms with Gasteiger partial charge >= 0.3 is 5.97 Å². The number of amides is 2. The van der Waals surface area contributed by atoms with E-state index in [0.717, 1.165) is 32.4 Å². The molecule has 0 unspecified atom stereocenters. The number of carbonyl (C=O) groups excluding carboxylic acids is 3. The molecule has 6 N–H and O–H groups in total. The van der Waals surface area contributed by atoms with Crippen molar-refractivity contribution in [2.24, 2.45) is 29.2 Å². The van der Waals surface area contributed by atoms with Crippen LogP contribution in [-0.4, -0.2) is 93.9 Å². The number of para-hydroxylation sites is 1. The molecule has 0 radical (unpaired) electrons. The lowest BCUT2D eigenvalue weighted by Crippen LogP contribution is -2.53. The summed E-state index contributed by atoms with van der Waals surface area (Å²) in [5.74, 6) is -0.534. The third kappa shape index (κ3) is 12.8. The van der Waals surface area contributed by atoms with Crippen LogP contribution in [0, 0.1) is 17.8 Å². The summed E-state index contributed by atoms with van der Waals surface area (Å²) in [6.45, 7) is 11.5. The second-order valence-corrected chi connectivity index (χ2v) is 12.1. The zero-order chi connectivity index (χ0) is 31.8. The van der Waals surface area contributed by atoms with Crippen molar-refractivity contribution in [1.82, 2.24) is 15.5 Å². The van der Waals surface area contributed by atoms with Crippen molar-refractivity contribution in [1.29, 1.82) is 0 Å². The maximum atomic E-state index is 13.3. The summed E-state index contributed by atoms with van der Waals surface area (Å²) in [5.41, 5.74) is 12.7. The first kappa shape index (κ1) is 36.5. The molecule has 1 aromatic rings. The number of nitrogens with two attached hydrogens (primary N) is 2. The molecule has 2 amide bonds. The Morgan fingerprint density at radius 3 is 2.33 bits per heavy atom. The number of rotatable bonds is 19. The topological polar surface area (TPSA) is 158 Å². The number of likely N-dealkylation sites (tertiary alicyclic amines) is 1. The highest BCUT2D eigenvalue weighted by Gasteiger charge is 2.33. The summed E-state index contributed by atoms with van der Waals surface area (Å²) < 4.78 is 17.0. The van der Waals surface area contributed by atoms with Gasteiger partial charge < -0.3 is 36.3 Å². The molecule has 0 bridgehead atoms. The van der Waals surface area contributed by atoms with Gasteiger partial charge in [0.25, 0.3) is 5.91 Å². The summed E-state index contributed by atoms with van der Waals surface area (Å²) in [6.07, 6.45) is 4.06. The van der Waals surface area contributed by atoms with E-state index < -0.39 is 30.1 Å². The van der Waals surface area contributed by atoms with Crippen molar-refractivity contribution in [2.45, 2.75) is 78.0 Å². The highest BCUT2D eigenvalue weighted by atomic mass is 16.5. The van der Waals surface area contributed by atoms with E-state index in [1.165, 1.54) is 6.42 Å². The zero-order valence-electron chi connectivity index (χ0n) is 26.8. The van der Waals surface area contributed by atoms with E-state index in [9.17, 15) is 14.4 Å². The summed E-state index contributed by atoms with van der Waals surface area (Å²) in [7, 11) is 1.64. The lowest BCUT2D eigenvalue weighted by molar-refractivity contribution is -0.156. The molecule has 244 valence electrons. The van der Waals surface area contributed by atoms with Gasteiger partial charge in [0.05, 0.1) is 18.7 Å². The fourth-order valence-corrected chi connectivity index (χ4v) is 5.19. The number of hydrogen-bond donors (Lipinski definition) is 4. The Morgan fingerprint density at radius 1 is 1.00 bits per heavy atom. The van der Waals surface area contributed by atoms with Crippen molar-refractivity contribution in [3.63, 3.8) is 0 Å². The second-order valence-electron chi connectivity index (χ2n) is 12.1. The van der Waals surface area contributed by atoms with Crippen LogP contribution in [0.5, 0.6) is 5.75 Å². The minimum Gasteiger partial charge on any atom is -0.493 e. The highest BCUT2D eigenvalue weighted by molar-refractivity contribution is 5.96. The molecule has 1 fully saturated rings. The molecule has 11 nitrogen and oxygen atoms in total. The van der Waals surface area contributed by atoms with Gasteiger partial charge in [-0.3, -0.25) is 14.5 Å². The van der Waals surface area contributed by atoms with Crippen molar-refractivity contribution in [3.8, 4) is 5.75 Å². The number of ether oxygens (including phenoxy) is 3. The first-order chi connectivity index (χ1) is 20.6. The summed E-state index contributed by atoms with van der Waals surface area (Å²) in [6, 6.07) is 5.91. The number of nitrogens with one attached hydrogen (secondary N) is 2. The zero-order valence-corrected chi connectivity index (χ0v) is 26.8. The molecule has 0 saturated carbocycles. The molecule has 2 rings (SSSR count). The monoisotopic (exact) mass is 605 g/mol. The lowest BCUT2D eigenvalue weighted by Gasteiger charge is -2.35. The van der Waals surface area contributed by atoms with Crippen LogP contribution in [0.2, 0.25) is 0 Å². The molecule has 0 aromatic heterocycles. The van der Waals surface area contributed by atoms with Gasteiger partial charge in [0.1, 0.15) is 17.9 Å². The average molecular weight is 606 g/mol. The predicted octanol–water partition coefficient (Wildman–Crippen LogP) is 2.32. The molecule has 0 spiro atoms. The molecule has 43 heavy (non-hydrogen) atoms. The number of methoxy groups -OCH3 is 1. The quantitative estimate of drug-likeness (QED) is 0.137. The van der Waals surface area contributed by atoms with E-state index in [-0.39, 0.29) is 30.2 Å². The maximum Gasteiger partial charge on any atom is 0.329 e. The van der Waals surface area contributed by atoms with Crippen LogP contribution in [-0.2, 0) is 19.1 Å². The van der Waals surface area contributed by atoms with Crippen LogP contribution in [0.4, 0.5) is 0 Å². The smallest absolute Gasteiger partial charge is 0.329 e. The molecular formula is C32H55N5O6. The number of hydrogen-bond acceptors (Lipinski definition) is 9. The fourth-order valence-electron chi connectivity index (χ4n) is 5.19. The SMILES string of the molecule is COCCCOc1ccccc1C(=O)NC[C@@H](C[C@H](N)[C@H](CN1CCCCC1)OC(=O)[C@@H](NC(=O)CN)C(C)C)C(C)C. The molecule has 1 aliphatic rings. The minimum atomic E-state index is -0.816. The lowest BCUT2D eigenvalue weighted by atomic mass is 9.87. The molecule has 0 aliphatic carbocycles. The van der Waals surface area contributed by atoms with Crippen LogP contribution in [0.1, 0.15) is 70.2 Å². The largest absolute Gasteiger partial charge is 0.493 e. The maximum absolute atomic E-state index is 13.3. The molecular weight excluding hydrogens is 550 g/mol. The molecule has 1 aliphatic heterocycles. The fraction of sp³-hybridized carbons (Fsp3) is 0.719. The number of piperidine rings is 1. The van der Waals surface area contributed by atoms with Crippen molar-refractivity contribution >= 4 is 17.8 Å². The third-order valence-electron chi connectivity index (χ3n) is 7.98. The van der Waals surface area contributed by atoms with E-state index in [2.05, 4.69) is 29.4 Å². The first-order valence-electron chi connectivity index (χ1n) is 15.7. The molecule has 1 aromatic carbocycles. The Labute approximate surface area is 257 Å². The number of nitrogens with zero attached hydrogens (tertiary/aromatic N) is 1. The normalized spacial score (nSPS) is 16.8. The molecule has 11 heteroatoms. The van der Waals surface area contributed by atoms with Gasteiger partial charge in [0.2, 0.25) is 5.91 Å². The van der Waals surface area contributed by atoms with Gasteiger partial charge in [0, 0.05) is 39.3 Å². The highest BCUT2D eigenvalue weighted by Crippen LogP contribution is 2.22. The van der Waals surface area contributed by atoms with Crippen LogP contribution in [0.25, 0.3) is 0 Å². The van der Waals surface area contributed by atoms with Crippen LogP contribution in [0.15, 0.2) is 24.3 Å². The predicted molar refractivity (Wildman–Crippen MR) is 168 cm³/mol. The van der Waals surface area contributed by atoms with Gasteiger partial charge in [-0.2, -0.15) is 0 Å². The van der Waals surface area contributed by atoms with Gasteiger partial charge in [-0.1, -0.05) is 46.2 Å². The molecule has 1 heterocycles. The second kappa shape index (κ2) is 19.5. The van der Waals surface area contributed by atoms with Crippen molar-refractivity contribution < 1.29 is 28.6 Å². The van der Waals surface area contributed by atoms with Crippen LogP contribution in [0.3, 0.4) is 0 Å². The van der Waals surface area contributed by atoms with E-state index in [4.69, 9.17) is 25.7 Å². The van der Waals surface area contributed by atoms with E-state index in [0.29, 0.717) is 44.0 Å². The van der Waals surface area contributed by atoms with Crippen molar-refractivity contribution in [3.05, 3.63) is 29.8 Å². The average Bonchev–Trinajstić information content (AvgIpc) is 2.99. The summed E-state index contributed by atoms with van der Waals surface area (Å²) in [5, 5.41) is 5.76. The summed E-state index contributed by atoms with van der Waals surface area (Å²) in [4.78, 5) is 40.8. The standard InChI is InChI=1S/C32H55N5O6/c1-22(2)24(20-35-31(39)25-12-7-8-13-27(25)42-17-11-16-41-5)18-26(34)28(21-37-14-9-6-10-15-37)43-32(40)30(23(3)4)36-29(38)19-33/h7-8,12-13,22-24,26,28,30H,6,9-11,14-21,33-34H2,1-5H3,(H,35,39)(H,36,38)/t24-,26+,28+,30+/m1/s1. The Balaban J connectivity index is 2.11. The first-order valence-corrected chi connectivity index (χ1v) is 15.7. The Bertz CT molecular complexity index is 985. The number of esters is 1. The molecule has 4 atom stereocenters. The van der Waals surface area contributed by atoms with Gasteiger partial charge in [-0.15, -0.1) is 0 Å². The number of benzene rings is 1. The van der Waals surface area contributed by atoms with Gasteiger partial charge in [-0.05, 0) is 62.2 Å². The van der Waals surface area contributed by atoms with E-state index in [1.807, 2.05) is 26.0 Å². The van der Waals surface area contributed by atoms with E-state index in [1.54, 1.807) is 19.2 Å². The van der Waals surface area contributed by atoms with Crippen molar-refractivity contribution in [2.75, 3.05) is 53.0 Å².